The predicted octanol–water partition coefficient (Wildman–Crippen LogP) is 4.34. The summed E-state index contributed by atoms with van der Waals surface area (Å²) in [6.07, 6.45) is 6.85. The van der Waals surface area contributed by atoms with Crippen LogP contribution in [0, 0.1) is 0 Å². The van der Waals surface area contributed by atoms with Gasteiger partial charge in [-0.3, -0.25) is 9.59 Å². The van der Waals surface area contributed by atoms with Gasteiger partial charge in [0, 0.05) is 37.3 Å². The maximum Gasteiger partial charge on any atom is 0.256 e. The summed E-state index contributed by atoms with van der Waals surface area (Å²) in [5.74, 6) is -0.439. The van der Waals surface area contributed by atoms with Gasteiger partial charge in [0.15, 0.2) is 0 Å². The number of hydrogen-bond donors (Lipinski definition) is 1. The van der Waals surface area contributed by atoms with E-state index < -0.39 is 21.4 Å². The fraction of sp³-hybridized carbons (Fsp3) is 0.429. The molecule has 4 rings (SSSR count). The van der Waals surface area contributed by atoms with Crippen LogP contribution in [0.1, 0.15) is 61.9 Å². The van der Waals surface area contributed by atoms with Gasteiger partial charge in [0.25, 0.3) is 5.91 Å². The SMILES string of the molecule is CCn1cc(C(=O)N[C@@H](C)CCc2ccccc2)c(=O)c2cc(S(=O)(=O)N3CCCCCC3)ccc21. The van der Waals surface area contributed by atoms with Gasteiger partial charge in [-0.2, -0.15) is 4.31 Å². The highest BCUT2D eigenvalue weighted by Crippen LogP contribution is 2.23. The Morgan fingerprint density at radius 1 is 1.03 bits per heavy atom. The fourth-order valence-corrected chi connectivity index (χ4v) is 6.34. The van der Waals surface area contributed by atoms with Crippen molar-refractivity contribution in [1.29, 1.82) is 0 Å². The molecule has 7 nitrogen and oxygen atoms in total. The third-order valence-electron chi connectivity index (χ3n) is 6.93. The van der Waals surface area contributed by atoms with Crippen molar-refractivity contribution in [2.75, 3.05) is 13.1 Å². The highest BCUT2D eigenvalue weighted by molar-refractivity contribution is 7.89. The van der Waals surface area contributed by atoms with Crippen LogP contribution in [0.2, 0.25) is 0 Å². The van der Waals surface area contributed by atoms with Crippen LogP contribution in [0.5, 0.6) is 0 Å². The van der Waals surface area contributed by atoms with E-state index in [1.807, 2.05) is 36.6 Å². The molecule has 0 bridgehead atoms. The second-order valence-electron chi connectivity index (χ2n) is 9.55. The molecule has 1 aromatic heterocycles. The molecule has 2 heterocycles. The van der Waals surface area contributed by atoms with Crippen molar-refractivity contribution in [2.45, 2.75) is 69.9 Å². The number of sulfonamides is 1. The van der Waals surface area contributed by atoms with Crippen molar-refractivity contribution >= 4 is 26.8 Å². The largest absolute Gasteiger partial charge is 0.349 e. The van der Waals surface area contributed by atoms with Crippen LogP contribution in [-0.2, 0) is 23.0 Å². The molecule has 0 radical (unpaired) electrons. The van der Waals surface area contributed by atoms with Crippen LogP contribution >= 0.6 is 0 Å². The topological polar surface area (TPSA) is 88.5 Å². The molecular formula is C28H35N3O4S. The minimum absolute atomic E-state index is 0.0280. The van der Waals surface area contributed by atoms with Gasteiger partial charge in [-0.15, -0.1) is 0 Å². The van der Waals surface area contributed by atoms with Gasteiger partial charge in [0.2, 0.25) is 15.5 Å². The zero-order valence-electron chi connectivity index (χ0n) is 21.1. The van der Waals surface area contributed by atoms with Gasteiger partial charge >= 0.3 is 0 Å². The number of amides is 1. The number of carbonyl (C=O) groups excluding carboxylic acids is 1. The van der Waals surface area contributed by atoms with Crippen molar-refractivity contribution in [2.24, 2.45) is 0 Å². The van der Waals surface area contributed by atoms with Gasteiger partial charge in [-0.1, -0.05) is 43.2 Å². The molecular weight excluding hydrogens is 474 g/mol. The predicted molar refractivity (Wildman–Crippen MR) is 143 cm³/mol. The third kappa shape index (κ3) is 5.71. The molecule has 3 aromatic rings. The maximum atomic E-state index is 13.4. The number of hydrogen-bond acceptors (Lipinski definition) is 4. The summed E-state index contributed by atoms with van der Waals surface area (Å²) in [6.45, 7) is 5.37. The number of fused-ring (bicyclic) bond motifs is 1. The number of benzene rings is 2. The maximum absolute atomic E-state index is 13.4. The molecule has 1 N–H and O–H groups in total. The summed E-state index contributed by atoms with van der Waals surface area (Å²) < 4.78 is 30.0. The number of pyridine rings is 1. The van der Waals surface area contributed by atoms with Crippen LogP contribution in [-0.4, -0.2) is 42.3 Å². The minimum Gasteiger partial charge on any atom is -0.349 e. The van der Waals surface area contributed by atoms with E-state index >= 15 is 0 Å². The molecule has 0 aliphatic carbocycles. The van der Waals surface area contributed by atoms with Gasteiger partial charge in [-0.05, 0) is 63.3 Å². The second-order valence-corrected chi connectivity index (χ2v) is 11.5. The van der Waals surface area contributed by atoms with E-state index in [-0.39, 0.29) is 21.9 Å². The summed E-state index contributed by atoms with van der Waals surface area (Å²) in [5.41, 5.74) is 1.39. The average Bonchev–Trinajstić information content (AvgIpc) is 3.18. The van der Waals surface area contributed by atoms with E-state index in [1.165, 1.54) is 15.9 Å². The molecule has 0 saturated carbocycles. The smallest absolute Gasteiger partial charge is 0.256 e. The summed E-state index contributed by atoms with van der Waals surface area (Å²) >= 11 is 0. The zero-order valence-corrected chi connectivity index (χ0v) is 21.9. The summed E-state index contributed by atoms with van der Waals surface area (Å²) in [4.78, 5) is 26.6. The minimum atomic E-state index is -3.71. The van der Waals surface area contributed by atoms with E-state index in [4.69, 9.17) is 0 Å². The Bertz CT molecular complexity index is 1380. The molecule has 1 amide bonds. The molecule has 1 aliphatic rings. The molecule has 1 saturated heterocycles. The number of nitrogens with one attached hydrogen (secondary N) is 1. The molecule has 192 valence electrons. The first-order valence-corrected chi connectivity index (χ1v) is 14.3. The average molecular weight is 510 g/mol. The van der Waals surface area contributed by atoms with Gasteiger partial charge in [0.05, 0.1) is 10.4 Å². The van der Waals surface area contributed by atoms with E-state index in [1.54, 1.807) is 18.3 Å². The highest BCUT2D eigenvalue weighted by Gasteiger charge is 2.26. The Morgan fingerprint density at radius 3 is 2.39 bits per heavy atom. The highest BCUT2D eigenvalue weighted by atomic mass is 32.2. The molecule has 1 fully saturated rings. The first-order chi connectivity index (χ1) is 17.3. The van der Waals surface area contributed by atoms with E-state index in [2.05, 4.69) is 17.4 Å². The van der Waals surface area contributed by atoms with E-state index in [9.17, 15) is 18.0 Å². The summed E-state index contributed by atoms with van der Waals surface area (Å²) in [5, 5.41) is 3.20. The van der Waals surface area contributed by atoms with E-state index in [0.717, 1.165) is 38.5 Å². The van der Waals surface area contributed by atoms with Crippen molar-refractivity contribution < 1.29 is 13.2 Å². The first kappa shape index (κ1) is 26.1. The molecule has 8 heteroatoms. The number of carbonyl (C=O) groups is 1. The Kier molecular flexibility index (Phi) is 8.26. The lowest BCUT2D eigenvalue weighted by molar-refractivity contribution is 0.0937. The standard InChI is InChI=1S/C28H35N3O4S/c1-3-30-20-25(28(33)29-21(2)13-14-22-11-7-6-8-12-22)27(32)24-19-23(15-16-26(24)30)36(34,35)31-17-9-4-5-10-18-31/h6-8,11-12,15-16,19-21H,3-5,9-10,13-14,17-18H2,1-2H3,(H,29,33)/t21-/m0/s1. The summed E-state index contributed by atoms with van der Waals surface area (Å²) in [7, 11) is -3.71. The number of aryl methyl sites for hydroxylation is 2. The van der Waals surface area contributed by atoms with Crippen molar-refractivity contribution in [3.05, 3.63) is 76.1 Å². The van der Waals surface area contributed by atoms with Crippen LogP contribution in [0.15, 0.2) is 64.4 Å². The molecule has 0 unspecified atom stereocenters. The van der Waals surface area contributed by atoms with Gasteiger partial charge in [-0.25, -0.2) is 8.42 Å². The molecule has 1 atom stereocenters. The van der Waals surface area contributed by atoms with Crippen LogP contribution in [0.25, 0.3) is 10.9 Å². The lowest BCUT2D eigenvalue weighted by atomic mass is 10.1. The Hall–Kier alpha value is -2.97. The summed E-state index contributed by atoms with van der Waals surface area (Å²) in [6, 6.07) is 14.6. The van der Waals surface area contributed by atoms with Crippen LogP contribution in [0.3, 0.4) is 0 Å². The third-order valence-corrected chi connectivity index (χ3v) is 8.82. The number of aromatic nitrogens is 1. The van der Waals surface area contributed by atoms with Crippen molar-refractivity contribution in [3.63, 3.8) is 0 Å². The Morgan fingerprint density at radius 2 is 1.72 bits per heavy atom. The second kappa shape index (κ2) is 11.4. The van der Waals surface area contributed by atoms with E-state index in [0.29, 0.717) is 25.2 Å². The van der Waals surface area contributed by atoms with Crippen LogP contribution < -0.4 is 10.7 Å². The first-order valence-electron chi connectivity index (χ1n) is 12.8. The van der Waals surface area contributed by atoms with Crippen molar-refractivity contribution in [3.8, 4) is 0 Å². The van der Waals surface area contributed by atoms with Crippen molar-refractivity contribution in [1.82, 2.24) is 14.2 Å². The quantitative estimate of drug-likeness (QED) is 0.489. The van der Waals surface area contributed by atoms with Gasteiger partial charge in [0.1, 0.15) is 5.56 Å². The number of nitrogens with zero attached hydrogens (tertiary/aromatic N) is 2. The molecule has 2 aromatic carbocycles. The lowest BCUT2D eigenvalue weighted by Crippen LogP contribution is -2.36. The van der Waals surface area contributed by atoms with Crippen LogP contribution in [0.4, 0.5) is 0 Å². The fourth-order valence-electron chi connectivity index (χ4n) is 4.79. The lowest BCUT2D eigenvalue weighted by Gasteiger charge is -2.20. The molecule has 1 aliphatic heterocycles. The molecule has 36 heavy (non-hydrogen) atoms. The monoisotopic (exact) mass is 509 g/mol. The normalized spacial score (nSPS) is 15.9. The van der Waals surface area contributed by atoms with Gasteiger partial charge < -0.3 is 9.88 Å². The zero-order chi connectivity index (χ0) is 25.7. The molecule has 0 spiro atoms. The Labute approximate surface area is 213 Å². The number of rotatable bonds is 8. The Balaban J connectivity index is 1.62.